The number of hydrogen-bond donors (Lipinski definition) is 2. The maximum absolute atomic E-state index is 12.4. The number of carbonyl (C=O) groups is 1. The number of hydrogen-bond acceptors (Lipinski definition) is 3. The van der Waals surface area contributed by atoms with E-state index in [2.05, 4.69) is 27.7 Å². The number of carbonyl (C=O) groups excluding carboxylic acids is 1. The lowest BCUT2D eigenvalue weighted by molar-refractivity contribution is -0.129. The number of halogens is 2. The Kier molecular flexibility index (Phi) is 9.01. The van der Waals surface area contributed by atoms with Gasteiger partial charge in [-0.2, -0.15) is 0 Å². The zero-order chi connectivity index (χ0) is 14.6. The highest BCUT2D eigenvalue weighted by atomic mass is 35.5. The van der Waals surface area contributed by atoms with Gasteiger partial charge >= 0.3 is 0 Å². The van der Waals surface area contributed by atoms with Crippen LogP contribution in [0.25, 0.3) is 0 Å². The molecule has 0 saturated carbocycles. The standard InChI is InChI=1S/C16H25N3O.2ClH/c1-16(9-10-17-12-16)15(20)18-11-14(19(2)3)13-7-5-4-6-8-13;;/h4-8,14,17H,9-12H2,1-3H3,(H,18,20);2*1H. The predicted octanol–water partition coefficient (Wildman–Crippen LogP) is 2.25. The van der Waals surface area contributed by atoms with Crippen molar-refractivity contribution in [2.24, 2.45) is 5.41 Å². The van der Waals surface area contributed by atoms with Crippen molar-refractivity contribution in [3.63, 3.8) is 0 Å². The van der Waals surface area contributed by atoms with E-state index in [0.29, 0.717) is 6.54 Å². The molecule has 1 fully saturated rings. The third-order valence-electron chi connectivity index (χ3n) is 4.18. The van der Waals surface area contributed by atoms with Gasteiger partial charge in [0.05, 0.1) is 11.5 Å². The minimum atomic E-state index is -0.256. The molecule has 1 saturated heterocycles. The van der Waals surface area contributed by atoms with Crippen LogP contribution in [0.2, 0.25) is 0 Å². The van der Waals surface area contributed by atoms with Crippen LogP contribution >= 0.6 is 24.8 Å². The summed E-state index contributed by atoms with van der Waals surface area (Å²) in [4.78, 5) is 14.5. The molecular formula is C16H27Cl2N3O. The van der Waals surface area contributed by atoms with Gasteiger partial charge < -0.3 is 15.5 Å². The minimum Gasteiger partial charge on any atom is -0.354 e. The first kappa shape index (κ1) is 21.2. The first-order valence-electron chi connectivity index (χ1n) is 7.23. The topological polar surface area (TPSA) is 44.4 Å². The van der Waals surface area contributed by atoms with Crippen LogP contribution in [0.15, 0.2) is 30.3 Å². The number of likely N-dealkylation sites (N-methyl/N-ethyl adjacent to an activating group) is 1. The van der Waals surface area contributed by atoms with Crippen LogP contribution in [-0.4, -0.2) is 44.5 Å². The molecule has 22 heavy (non-hydrogen) atoms. The summed E-state index contributed by atoms with van der Waals surface area (Å²) in [6.45, 7) is 4.39. The van der Waals surface area contributed by atoms with Gasteiger partial charge in [-0.15, -0.1) is 24.8 Å². The van der Waals surface area contributed by atoms with E-state index in [0.717, 1.165) is 19.5 Å². The zero-order valence-corrected chi connectivity index (χ0v) is 15.1. The quantitative estimate of drug-likeness (QED) is 0.858. The van der Waals surface area contributed by atoms with Crippen molar-refractivity contribution >= 4 is 30.7 Å². The summed E-state index contributed by atoms with van der Waals surface area (Å²) in [5.74, 6) is 0.158. The van der Waals surface area contributed by atoms with E-state index in [1.165, 1.54) is 5.56 Å². The Bertz CT molecular complexity index is 448. The largest absolute Gasteiger partial charge is 0.354 e. The number of rotatable bonds is 5. The summed E-state index contributed by atoms with van der Waals surface area (Å²) in [5.41, 5.74) is 0.973. The van der Waals surface area contributed by atoms with Crippen molar-refractivity contribution in [3.05, 3.63) is 35.9 Å². The Morgan fingerprint density at radius 2 is 1.95 bits per heavy atom. The van der Waals surface area contributed by atoms with Gasteiger partial charge in [-0.25, -0.2) is 0 Å². The Morgan fingerprint density at radius 1 is 1.32 bits per heavy atom. The smallest absolute Gasteiger partial charge is 0.227 e. The molecule has 126 valence electrons. The van der Waals surface area contributed by atoms with Crippen molar-refractivity contribution in [1.29, 1.82) is 0 Å². The fourth-order valence-corrected chi connectivity index (χ4v) is 2.69. The molecule has 6 heteroatoms. The van der Waals surface area contributed by atoms with Crippen LogP contribution in [0, 0.1) is 5.41 Å². The maximum Gasteiger partial charge on any atom is 0.227 e. The van der Waals surface area contributed by atoms with E-state index in [9.17, 15) is 4.79 Å². The Morgan fingerprint density at radius 3 is 2.45 bits per heavy atom. The second kappa shape index (κ2) is 9.36. The second-order valence-electron chi connectivity index (χ2n) is 6.09. The van der Waals surface area contributed by atoms with Crippen LogP contribution in [0.1, 0.15) is 24.9 Å². The number of nitrogens with zero attached hydrogens (tertiary/aromatic N) is 1. The number of nitrogens with one attached hydrogen (secondary N) is 2. The minimum absolute atomic E-state index is 0. The van der Waals surface area contributed by atoms with E-state index in [1.807, 2.05) is 39.2 Å². The molecule has 2 N–H and O–H groups in total. The molecule has 0 bridgehead atoms. The van der Waals surface area contributed by atoms with E-state index in [-0.39, 0.29) is 42.2 Å². The van der Waals surface area contributed by atoms with E-state index >= 15 is 0 Å². The molecule has 0 radical (unpaired) electrons. The first-order chi connectivity index (χ1) is 9.53. The van der Waals surface area contributed by atoms with Gasteiger partial charge in [-0.05, 0) is 39.5 Å². The lowest BCUT2D eigenvalue weighted by atomic mass is 9.88. The van der Waals surface area contributed by atoms with Crippen LogP contribution in [0.4, 0.5) is 0 Å². The molecule has 1 aliphatic rings. The lowest BCUT2D eigenvalue weighted by Gasteiger charge is -2.28. The molecule has 2 unspecified atom stereocenters. The lowest BCUT2D eigenvalue weighted by Crippen LogP contribution is -2.43. The summed E-state index contributed by atoms with van der Waals surface area (Å²) in [6.07, 6.45) is 0.913. The molecule has 0 aromatic heterocycles. The SMILES string of the molecule is CN(C)C(CNC(=O)C1(C)CCNC1)c1ccccc1.Cl.Cl. The number of benzene rings is 1. The highest BCUT2D eigenvalue weighted by Crippen LogP contribution is 2.25. The highest BCUT2D eigenvalue weighted by Gasteiger charge is 2.36. The molecule has 1 aliphatic heterocycles. The monoisotopic (exact) mass is 347 g/mol. The molecule has 4 nitrogen and oxygen atoms in total. The van der Waals surface area contributed by atoms with Gasteiger partial charge in [0.1, 0.15) is 0 Å². The summed E-state index contributed by atoms with van der Waals surface area (Å²) in [5, 5.41) is 6.39. The summed E-state index contributed by atoms with van der Waals surface area (Å²) in [7, 11) is 4.09. The highest BCUT2D eigenvalue weighted by molar-refractivity contribution is 5.85. The van der Waals surface area contributed by atoms with Crippen molar-refractivity contribution in [2.75, 3.05) is 33.7 Å². The van der Waals surface area contributed by atoms with Gasteiger partial charge in [0.25, 0.3) is 0 Å². The second-order valence-corrected chi connectivity index (χ2v) is 6.09. The van der Waals surface area contributed by atoms with Crippen molar-refractivity contribution < 1.29 is 4.79 Å². The third-order valence-corrected chi connectivity index (χ3v) is 4.18. The van der Waals surface area contributed by atoms with E-state index < -0.39 is 0 Å². The normalized spacial score (nSPS) is 21.6. The number of amides is 1. The van der Waals surface area contributed by atoms with Gasteiger partial charge in [0.15, 0.2) is 0 Å². The molecule has 0 spiro atoms. The summed E-state index contributed by atoms with van der Waals surface area (Å²) >= 11 is 0. The average molecular weight is 348 g/mol. The van der Waals surface area contributed by atoms with Gasteiger partial charge in [-0.3, -0.25) is 4.79 Å². The molecule has 2 rings (SSSR count). The van der Waals surface area contributed by atoms with E-state index in [1.54, 1.807) is 0 Å². The summed E-state index contributed by atoms with van der Waals surface area (Å²) < 4.78 is 0. The molecule has 1 aromatic carbocycles. The fourth-order valence-electron chi connectivity index (χ4n) is 2.69. The molecule has 1 heterocycles. The fraction of sp³-hybridized carbons (Fsp3) is 0.562. The summed E-state index contributed by atoms with van der Waals surface area (Å²) in [6, 6.07) is 10.5. The predicted molar refractivity (Wildman–Crippen MR) is 96.0 cm³/mol. The van der Waals surface area contributed by atoms with Crippen LogP contribution in [0.3, 0.4) is 0 Å². The van der Waals surface area contributed by atoms with Crippen LogP contribution in [0.5, 0.6) is 0 Å². The van der Waals surface area contributed by atoms with Crippen LogP contribution in [-0.2, 0) is 4.79 Å². The molecule has 0 aliphatic carbocycles. The Hall–Kier alpha value is -0.810. The van der Waals surface area contributed by atoms with Gasteiger partial charge in [-0.1, -0.05) is 30.3 Å². The Balaban J connectivity index is 0.00000220. The van der Waals surface area contributed by atoms with Crippen molar-refractivity contribution in [2.45, 2.75) is 19.4 Å². The van der Waals surface area contributed by atoms with Crippen LogP contribution < -0.4 is 10.6 Å². The molecule has 1 aromatic rings. The molecule has 2 atom stereocenters. The Labute approximate surface area is 145 Å². The molecular weight excluding hydrogens is 321 g/mol. The van der Waals surface area contributed by atoms with E-state index in [4.69, 9.17) is 0 Å². The first-order valence-corrected chi connectivity index (χ1v) is 7.23. The average Bonchev–Trinajstić information content (AvgIpc) is 2.88. The zero-order valence-electron chi connectivity index (χ0n) is 13.5. The van der Waals surface area contributed by atoms with Gasteiger partial charge in [0, 0.05) is 13.1 Å². The van der Waals surface area contributed by atoms with Crippen molar-refractivity contribution in [3.8, 4) is 0 Å². The van der Waals surface area contributed by atoms with Gasteiger partial charge in [0.2, 0.25) is 5.91 Å². The maximum atomic E-state index is 12.4. The third kappa shape index (κ3) is 5.13. The van der Waals surface area contributed by atoms with Crippen molar-refractivity contribution in [1.82, 2.24) is 15.5 Å². The molecule has 1 amide bonds.